The molecule has 0 aromatic heterocycles. The molecule has 0 unspecified atom stereocenters. The molecule has 0 aliphatic rings. The van der Waals surface area contributed by atoms with E-state index in [-0.39, 0.29) is 23.3 Å². The van der Waals surface area contributed by atoms with Gasteiger partial charge in [-0.25, -0.2) is 10.2 Å². The lowest BCUT2D eigenvalue weighted by atomic mass is 10.2. The lowest BCUT2D eigenvalue weighted by molar-refractivity contribution is -0.142. The molecule has 0 saturated carbocycles. The summed E-state index contributed by atoms with van der Waals surface area (Å²) < 4.78 is 16.1. The SMILES string of the molecule is CCOc1cc(/C=N/NC(=O)c2ccccc2Br)cc(Cl)c1OCC(=O)OC. The highest BCUT2D eigenvalue weighted by Gasteiger charge is 2.14. The molecule has 0 atom stereocenters. The van der Waals surface area contributed by atoms with Gasteiger partial charge in [0.2, 0.25) is 0 Å². The standard InChI is InChI=1S/C19H18BrClN2O5/c1-3-27-16-9-12(8-15(21)18(16)28-11-17(24)26-2)10-22-23-19(25)13-6-4-5-7-14(13)20/h4-10H,3,11H2,1-2H3,(H,23,25)/b22-10+. The maximum absolute atomic E-state index is 12.2. The number of carbonyl (C=O) groups is 2. The van der Waals surface area contributed by atoms with Crippen LogP contribution in [0.25, 0.3) is 0 Å². The van der Waals surface area contributed by atoms with Crippen LogP contribution in [0.4, 0.5) is 0 Å². The van der Waals surface area contributed by atoms with Gasteiger partial charge in [0.1, 0.15) is 0 Å². The lowest BCUT2D eigenvalue weighted by Crippen LogP contribution is -2.18. The minimum absolute atomic E-state index is 0.225. The molecular formula is C19H18BrClN2O5. The van der Waals surface area contributed by atoms with Gasteiger partial charge in [0.25, 0.3) is 5.91 Å². The van der Waals surface area contributed by atoms with Crippen molar-refractivity contribution in [3.8, 4) is 11.5 Å². The molecule has 0 radical (unpaired) electrons. The first-order valence-corrected chi connectivity index (χ1v) is 9.37. The van der Waals surface area contributed by atoms with Crippen molar-refractivity contribution < 1.29 is 23.8 Å². The highest BCUT2D eigenvalue weighted by molar-refractivity contribution is 9.10. The summed E-state index contributed by atoms with van der Waals surface area (Å²) in [5.74, 6) is -0.336. The Kier molecular flexibility index (Phi) is 8.28. The van der Waals surface area contributed by atoms with E-state index in [1.807, 2.05) is 6.07 Å². The number of nitrogens with one attached hydrogen (secondary N) is 1. The summed E-state index contributed by atoms with van der Waals surface area (Å²) in [6.45, 7) is 1.87. The van der Waals surface area contributed by atoms with Crippen LogP contribution in [0.5, 0.6) is 11.5 Å². The lowest BCUT2D eigenvalue weighted by Gasteiger charge is -2.13. The zero-order valence-corrected chi connectivity index (χ0v) is 17.5. The van der Waals surface area contributed by atoms with Gasteiger partial charge in [0.15, 0.2) is 18.1 Å². The molecule has 0 heterocycles. The minimum atomic E-state index is -0.543. The zero-order chi connectivity index (χ0) is 20.5. The fourth-order valence-corrected chi connectivity index (χ4v) is 2.87. The Morgan fingerprint density at radius 2 is 2.00 bits per heavy atom. The molecule has 0 spiro atoms. The molecule has 0 saturated heterocycles. The number of amides is 1. The second-order valence-electron chi connectivity index (χ2n) is 5.31. The van der Waals surface area contributed by atoms with E-state index in [1.165, 1.54) is 13.3 Å². The largest absolute Gasteiger partial charge is 0.490 e. The summed E-state index contributed by atoms with van der Waals surface area (Å²) in [4.78, 5) is 23.4. The number of hydrogen-bond acceptors (Lipinski definition) is 6. The van der Waals surface area contributed by atoms with Gasteiger partial charge in [0.05, 0.1) is 30.5 Å². The third-order valence-electron chi connectivity index (χ3n) is 3.39. The Hall–Kier alpha value is -2.58. The highest BCUT2D eigenvalue weighted by atomic mass is 79.9. The summed E-state index contributed by atoms with van der Waals surface area (Å²) in [6.07, 6.45) is 1.42. The number of nitrogens with zero attached hydrogens (tertiary/aromatic N) is 1. The zero-order valence-electron chi connectivity index (χ0n) is 15.2. The summed E-state index contributed by atoms with van der Waals surface area (Å²) in [7, 11) is 1.26. The second-order valence-corrected chi connectivity index (χ2v) is 6.57. The van der Waals surface area contributed by atoms with E-state index in [4.69, 9.17) is 21.1 Å². The number of carbonyl (C=O) groups excluding carboxylic acids is 2. The van der Waals surface area contributed by atoms with Crippen LogP contribution in [0.1, 0.15) is 22.8 Å². The van der Waals surface area contributed by atoms with Gasteiger partial charge in [-0.15, -0.1) is 0 Å². The number of hydrogen-bond donors (Lipinski definition) is 1. The quantitative estimate of drug-likeness (QED) is 0.361. The third-order valence-corrected chi connectivity index (χ3v) is 4.36. The molecule has 1 amide bonds. The Morgan fingerprint density at radius 1 is 1.25 bits per heavy atom. The van der Waals surface area contributed by atoms with E-state index in [2.05, 4.69) is 31.2 Å². The maximum Gasteiger partial charge on any atom is 0.343 e. The van der Waals surface area contributed by atoms with Crippen LogP contribution in [0.3, 0.4) is 0 Å². The van der Waals surface area contributed by atoms with Crippen molar-refractivity contribution in [3.63, 3.8) is 0 Å². The molecule has 1 N–H and O–H groups in total. The van der Waals surface area contributed by atoms with Crippen molar-refractivity contribution in [2.75, 3.05) is 20.3 Å². The van der Waals surface area contributed by atoms with E-state index >= 15 is 0 Å². The first kappa shape index (κ1) is 21.7. The minimum Gasteiger partial charge on any atom is -0.490 e. The fraction of sp³-hybridized carbons (Fsp3) is 0.211. The van der Waals surface area contributed by atoms with Crippen LogP contribution in [-0.4, -0.2) is 38.4 Å². The van der Waals surface area contributed by atoms with Gasteiger partial charge in [-0.3, -0.25) is 4.79 Å². The summed E-state index contributed by atoms with van der Waals surface area (Å²) in [6, 6.07) is 10.2. The molecular weight excluding hydrogens is 452 g/mol. The molecule has 2 rings (SSSR count). The average molecular weight is 470 g/mol. The smallest absolute Gasteiger partial charge is 0.343 e. The number of ether oxygens (including phenoxy) is 3. The van der Waals surface area contributed by atoms with Crippen LogP contribution >= 0.6 is 27.5 Å². The Morgan fingerprint density at radius 3 is 2.68 bits per heavy atom. The summed E-state index contributed by atoms with van der Waals surface area (Å²) in [5.41, 5.74) is 3.48. The maximum atomic E-state index is 12.2. The van der Waals surface area contributed by atoms with E-state index in [0.717, 1.165) is 0 Å². The number of hydrazone groups is 1. The molecule has 2 aromatic carbocycles. The van der Waals surface area contributed by atoms with Crippen molar-refractivity contribution >= 4 is 45.6 Å². The van der Waals surface area contributed by atoms with Gasteiger partial charge in [-0.2, -0.15) is 5.10 Å². The fourth-order valence-electron chi connectivity index (χ4n) is 2.13. The number of halogens is 2. The van der Waals surface area contributed by atoms with E-state index in [0.29, 0.717) is 28.0 Å². The predicted octanol–water partition coefficient (Wildman–Crippen LogP) is 3.82. The molecule has 148 valence electrons. The molecule has 9 heteroatoms. The predicted molar refractivity (Wildman–Crippen MR) is 109 cm³/mol. The molecule has 7 nitrogen and oxygen atoms in total. The topological polar surface area (TPSA) is 86.2 Å². The molecule has 0 bridgehead atoms. The third kappa shape index (κ3) is 5.97. The second kappa shape index (κ2) is 10.7. The molecule has 0 aliphatic heterocycles. The van der Waals surface area contributed by atoms with Crippen LogP contribution in [0.2, 0.25) is 5.02 Å². The van der Waals surface area contributed by atoms with Gasteiger partial charge in [0, 0.05) is 4.47 Å². The van der Waals surface area contributed by atoms with Crippen molar-refractivity contribution in [2.45, 2.75) is 6.92 Å². The van der Waals surface area contributed by atoms with Crippen LogP contribution in [0.15, 0.2) is 46.0 Å². The monoisotopic (exact) mass is 468 g/mol. The Balaban J connectivity index is 2.14. The summed E-state index contributed by atoms with van der Waals surface area (Å²) in [5, 5.41) is 4.17. The van der Waals surface area contributed by atoms with Gasteiger partial charge < -0.3 is 14.2 Å². The number of esters is 1. The van der Waals surface area contributed by atoms with Crippen molar-refractivity contribution in [2.24, 2.45) is 5.10 Å². The molecule has 0 aliphatic carbocycles. The number of methoxy groups -OCH3 is 1. The van der Waals surface area contributed by atoms with Crippen molar-refractivity contribution in [1.82, 2.24) is 5.43 Å². The van der Waals surface area contributed by atoms with Gasteiger partial charge >= 0.3 is 5.97 Å². The van der Waals surface area contributed by atoms with E-state index in [1.54, 1.807) is 37.3 Å². The Bertz CT molecular complexity index is 889. The van der Waals surface area contributed by atoms with Crippen LogP contribution < -0.4 is 14.9 Å². The molecule has 0 fully saturated rings. The summed E-state index contributed by atoms with van der Waals surface area (Å²) >= 11 is 9.56. The van der Waals surface area contributed by atoms with Crippen LogP contribution in [0, 0.1) is 0 Å². The van der Waals surface area contributed by atoms with Crippen molar-refractivity contribution in [3.05, 3.63) is 57.0 Å². The van der Waals surface area contributed by atoms with Gasteiger partial charge in [-0.05, 0) is 52.7 Å². The number of rotatable bonds is 8. The van der Waals surface area contributed by atoms with Crippen LogP contribution in [-0.2, 0) is 9.53 Å². The average Bonchev–Trinajstić information content (AvgIpc) is 2.67. The van der Waals surface area contributed by atoms with Gasteiger partial charge in [-0.1, -0.05) is 23.7 Å². The normalized spacial score (nSPS) is 10.6. The first-order valence-electron chi connectivity index (χ1n) is 8.20. The Labute approximate surface area is 175 Å². The van der Waals surface area contributed by atoms with Crippen molar-refractivity contribution in [1.29, 1.82) is 0 Å². The van der Waals surface area contributed by atoms with E-state index in [9.17, 15) is 9.59 Å². The number of benzene rings is 2. The van der Waals surface area contributed by atoms with E-state index < -0.39 is 5.97 Å². The highest BCUT2D eigenvalue weighted by Crippen LogP contribution is 2.36. The molecule has 2 aromatic rings. The first-order chi connectivity index (χ1) is 13.5. The molecule has 28 heavy (non-hydrogen) atoms.